The van der Waals surface area contributed by atoms with Crippen LogP contribution in [0.25, 0.3) is 10.6 Å². The Bertz CT molecular complexity index is 886. The fourth-order valence-electron chi connectivity index (χ4n) is 3.35. The molecule has 1 atom stereocenters. The highest BCUT2D eigenvalue weighted by Gasteiger charge is 2.30. The second-order valence-electron chi connectivity index (χ2n) is 7.24. The quantitative estimate of drug-likeness (QED) is 0.624. The molecule has 1 aliphatic rings. The van der Waals surface area contributed by atoms with Gasteiger partial charge in [0.15, 0.2) is 0 Å². The smallest absolute Gasteiger partial charge is 0.310 e. The van der Waals surface area contributed by atoms with Crippen LogP contribution in [0.3, 0.4) is 0 Å². The maximum Gasteiger partial charge on any atom is 0.310 e. The van der Waals surface area contributed by atoms with Crippen LogP contribution >= 0.6 is 11.3 Å². The summed E-state index contributed by atoms with van der Waals surface area (Å²) in [6.07, 6.45) is 5.04. The summed E-state index contributed by atoms with van der Waals surface area (Å²) >= 11 is 1.46. The molecule has 30 heavy (non-hydrogen) atoms. The number of nitrogens with zero attached hydrogens (tertiary/aromatic N) is 4. The van der Waals surface area contributed by atoms with E-state index in [1.165, 1.54) is 16.2 Å². The van der Waals surface area contributed by atoms with E-state index in [-0.39, 0.29) is 36.7 Å². The van der Waals surface area contributed by atoms with E-state index in [4.69, 9.17) is 4.74 Å². The van der Waals surface area contributed by atoms with Crippen molar-refractivity contribution in [3.05, 3.63) is 35.6 Å². The van der Waals surface area contributed by atoms with Gasteiger partial charge in [-0.15, -0.1) is 11.3 Å². The molecule has 0 aliphatic carbocycles. The van der Waals surface area contributed by atoms with Gasteiger partial charge in [-0.25, -0.2) is 4.98 Å². The Kier molecular flexibility index (Phi) is 7.51. The SMILES string of the molecule is CCOC(=O)C1CCCN(C(=O)CN(C)C(=O)Cc2csc(-c3cccnc3)n2)C1. The largest absolute Gasteiger partial charge is 0.466 e. The van der Waals surface area contributed by atoms with Gasteiger partial charge in [0.1, 0.15) is 5.01 Å². The van der Waals surface area contributed by atoms with Crippen LogP contribution in [0.4, 0.5) is 0 Å². The minimum absolute atomic E-state index is 0.0199. The second kappa shape index (κ2) is 10.3. The zero-order chi connectivity index (χ0) is 21.5. The highest BCUT2D eigenvalue weighted by Crippen LogP contribution is 2.23. The van der Waals surface area contributed by atoms with Crippen LogP contribution in [-0.4, -0.2) is 70.8 Å². The number of thiazole rings is 1. The first kappa shape index (κ1) is 21.9. The average molecular weight is 431 g/mol. The molecule has 0 saturated carbocycles. The third-order valence-corrected chi connectivity index (χ3v) is 5.92. The number of likely N-dealkylation sites (tertiary alicyclic amines) is 1. The van der Waals surface area contributed by atoms with E-state index >= 15 is 0 Å². The standard InChI is InChI=1S/C21H26N4O4S/c1-3-29-21(28)16-7-5-9-25(12-16)19(27)13-24(2)18(26)10-17-14-30-20(23-17)15-6-4-8-22-11-15/h4,6,8,11,14,16H,3,5,7,9-10,12-13H2,1-2H3. The normalized spacial score (nSPS) is 16.2. The first-order chi connectivity index (χ1) is 14.5. The fraction of sp³-hybridized carbons (Fsp3) is 0.476. The fourth-order valence-corrected chi connectivity index (χ4v) is 4.16. The molecular weight excluding hydrogens is 404 g/mol. The number of carbonyl (C=O) groups is 3. The number of hydrogen-bond acceptors (Lipinski definition) is 7. The van der Waals surface area contributed by atoms with Gasteiger partial charge in [0.25, 0.3) is 0 Å². The van der Waals surface area contributed by atoms with Gasteiger partial charge in [0, 0.05) is 43.5 Å². The van der Waals surface area contributed by atoms with Gasteiger partial charge >= 0.3 is 5.97 Å². The lowest BCUT2D eigenvalue weighted by Gasteiger charge is -2.32. The number of amides is 2. The van der Waals surface area contributed by atoms with Crippen LogP contribution in [-0.2, 0) is 25.5 Å². The number of esters is 1. The Morgan fingerprint density at radius 2 is 2.20 bits per heavy atom. The Balaban J connectivity index is 1.52. The number of pyridine rings is 1. The maximum atomic E-state index is 12.6. The summed E-state index contributed by atoms with van der Waals surface area (Å²) in [5.41, 5.74) is 1.58. The zero-order valence-electron chi connectivity index (χ0n) is 17.2. The lowest BCUT2D eigenvalue weighted by Crippen LogP contribution is -2.47. The van der Waals surface area contributed by atoms with Crippen molar-refractivity contribution in [3.8, 4) is 10.6 Å². The summed E-state index contributed by atoms with van der Waals surface area (Å²) < 4.78 is 5.08. The van der Waals surface area contributed by atoms with Crippen molar-refractivity contribution >= 4 is 29.1 Å². The lowest BCUT2D eigenvalue weighted by molar-refractivity contribution is -0.152. The van der Waals surface area contributed by atoms with Gasteiger partial charge in [0.2, 0.25) is 11.8 Å². The molecule has 1 fully saturated rings. The Hall–Kier alpha value is -2.81. The van der Waals surface area contributed by atoms with E-state index in [9.17, 15) is 14.4 Å². The highest BCUT2D eigenvalue weighted by atomic mass is 32.1. The maximum absolute atomic E-state index is 12.6. The van der Waals surface area contributed by atoms with E-state index in [1.54, 1.807) is 31.3 Å². The van der Waals surface area contributed by atoms with Gasteiger partial charge in [0.05, 0.1) is 31.2 Å². The Morgan fingerprint density at radius 3 is 2.93 bits per heavy atom. The highest BCUT2D eigenvalue weighted by molar-refractivity contribution is 7.13. The molecule has 0 aromatic carbocycles. The van der Waals surface area contributed by atoms with Gasteiger partial charge in [-0.1, -0.05) is 0 Å². The molecule has 2 aromatic rings. The Morgan fingerprint density at radius 1 is 1.37 bits per heavy atom. The molecule has 2 amide bonds. The third kappa shape index (κ3) is 5.63. The first-order valence-electron chi connectivity index (χ1n) is 10.0. The molecule has 2 aromatic heterocycles. The van der Waals surface area contributed by atoms with Crippen LogP contribution < -0.4 is 0 Å². The molecule has 8 nitrogen and oxygen atoms in total. The van der Waals surface area contributed by atoms with E-state index < -0.39 is 0 Å². The molecule has 1 unspecified atom stereocenters. The molecule has 0 bridgehead atoms. The number of ether oxygens (including phenoxy) is 1. The molecule has 0 spiro atoms. The molecule has 1 aliphatic heterocycles. The molecule has 3 heterocycles. The lowest BCUT2D eigenvalue weighted by atomic mass is 9.98. The van der Waals surface area contributed by atoms with Crippen molar-refractivity contribution in [2.45, 2.75) is 26.2 Å². The number of rotatable bonds is 7. The van der Waals surface area contributed by atoms with Crippen LogP contribution in [0.1, 0.15) is 25.5 Å². The molecule has 0 radical (unpaired) electrons. The monoisotopic (exact) mass is 430 g/mol. The first-order valence-corrected chi connectivity index (χ1v) is 10.9. The summed E-state index contributed by atoms with van der Waals surface area (Å²) in [7, 11) is 1.61. The average Bonchev–Trinajstić information content (AvgIpc) is 3.23. The van der Waals surface area contributed by atoms with Crippen LogP contribution in [0, 0.1) is 5.92 Å². The van der Waals surface area contributed by atoms with Crippen molar-refractivity contribution in [2.24, 2.45) is 5.92 Å². The molecule has 160 valence electrons. The number of hydrogen-bond donors (Lipinski definition) is 0. The number of piperidine rings is 1. The molecule has 0 N–H and O–H groups in total. The molecule has 1 saturated heterocycles. The molecule has 3 rings (SSSR count). The van der Waals surface area contributed by atoms with E-state index in [0.717, 1.165) is 23.4 Å². The summed E-state index contributed by atoms with van der Waals surface area (Å²) in [6, 6.07) is 3.76. The summed E-state index contributed by atoms with van der Waals surface area (Å²) in [6.45, 7) is 3.03. The summed E-state index contributed by atoms with van der Waals surface area (Å²) in [5.74, 6) is -0.878. The van der Waals surface area contributed by atoms with Crippen LogP contribution in [0.2, 0.25) is 0 Å². The van der Waals surface area contributed by atoms with Crippen molar-refractivity contribution in [1.29, 1.82) is 0 Å². The minimum atomic E-state index is -0.287. The van der Waals surface area contributed by atoms with E-state index in [1.807, 2.05) is 17.5 Å². The second-order valence-corrected chi connectivity index (χ2v) is 8.10. The number of likely N-dealkylation sites (N-methyl/N-ethyl adjacent to an activating group) is 1. The van der Waals surface area contributed by atoms with E-state index in [0.29, 0.717) is 25.4 Å². The molecule has 9 heteroatoms. The third-order valence-electron chi connectivity index (χ3n) is 4.98. The topological polar surface area (TPSA) is 92.7 Å². The zero-order valence-corrected chi connectivity index (χ0v) is 18.1. The van der Waals surface area contributed by atoms with Crippen LogP contribution in [0.5, 0.6) is 0 Å². The van der Waals surface area contributed by atoms with Gasteiger partial charge < -0.3 is 14.5 Å². The number of aromatic nitrogens is 2. The van der Waals surface area contributed by atoms with E-state index in [2.05, 4.69) is 9.97 Å². The summed E-state index contributed by atoms with van der Waals surface area (Å²) in [5, 5.41) is 2.66. The van der Waals surface area contributed by atoms with Gasteiger partial charge in [-0.2, -0.15) is 0 Å². The van der Waals surface area contributed by atoms with Crippen LogP contribution in [0.15, 0.2) is 29.9 Å². The van der Waals surface area contributed by atoms with Gasteiger partial charge in [-0.05, 0) is 31.9 Å². The van der Waals surface area contributed by atoms with Gasteiger partial charge in [-0.3, -0.25) is 19.4 Å². The predicted octanol–water partition coefficient (Wildman–Crippen LogP) is 2.01. The van der Waals surface area contributed by atoms with Crippen molar-refractivity contribution < 1.29 is 19.1 Å². The minimum Gasteiger partial charge on any atom is -0.466 e. The number of carbonyl (C=O) groups excluding carboxylic acids is 3. The van der Waals surface area contributed by atoms with Crippen molar-refractivity contribution in [1.82, 2.24) is 19.8 Å². The van der Waals surface area contributed by atoms with Crippen molar-refractivity contribution in [2.75, 3.05) is 33.3 Å². The van der Waals surface area contributed by atoms with Crippen molar-refractivity contribution in [3.63, 3.8) is 0 Å². The summed E-state index contributed by atoms with van der Waals surface area (Å²) in [4.78, 5) is 48.8. The predicted molar refractivity (Wildman–Crippen MR) is 113 cm³/mol. The Labute approximate surface area is 179 Å². The molecular formula is C21H26N4O4S.